The summed E-state index contributed by atoms with van der Waals surface area (Å²) in [6, 6.07) is 17.4. The van der Waals surface area contributed by atoms with Crippen LogP contribution in [0.1, 0.15) is 5.56 Å². The summed E-state index contributed by atoms with van der Waals surface area (Å²) in [4.78, 5) is 14.0. The van der Waals surface area contributed by atoms with Gasteiger partial charge in [-0.15, -0.1) is 5.10 Å². The summed E-state index contributed by atoms with van der Waals surface area (Å²) in [6.07, 6.45) is 1.61. The number of carbonyl (C=O) groups is 1. The van der Waals surface area contributed by atoms with E-state index in [1.807, 2.05) is 73.6 Å². The van der Waals surface area contributed by atoms with Gasteiger partial charge < -0.3 is 4.90 Å². The van der Waals surface area contributed by atoms with Crippen molar-refractivity contribution in [2.45, 2.75) is 5.16 Å². The average Bonchev–Trinajstić information content (AvgIpc) is 3.16. The molecule has 0 spiro atoms. The largest absolute Gasteiger partial charge is 0.378 e. The summed E-state index contributed by atoms with van der Waals surface area (Å²) < 4.78 is 1.59. The van der Waals surface area contributed by atoms with E-state index in [1.54, 1.807) is 10.9 Å². The minimum Gasteiger partial charge on any atom is -0.378 e. The van der Waals surface area contributed by atoms with Crippen LogP contribution in [0, 0.1) is 0 Å². The summed E-state index contributed by atoms with van der Waals surface area (Å²) in [6.45, 7) is 0. The average molecular weight is 381 g/mol. The molecule has 138 valence electrons. The number of hydrogen-bond acceptors (Lipinski definition) is 7. The smallest absolute Gasteiger partial charge is 0.250 e. The first kappa shape index (κ1) is 18.6. The Bertz CT molecular complexity index is 907. The third-order valence-electron chi connectivity index (χ3n) is 3.59. The number of amides is 1. The van der Waals surface area contributed by atoms with Gasteiger partial charge in [-0.25, -0.2) is 5.43 Å². The third kappa shape index (κ3) is 5.14. The van der Waals surface area contributed by atoms with Crippen LogP contribution in [-0.2, 0) is 4.79 Å². The molecule has 1 heterocycles. The molecule has 2 aromatic carbocycles. The lowest BCUT2D eigenvalue weighted by Crippen LogP contribution is -2.20. The maximum Gasteiger partial charge on any atom is 0.250 e. The van der Waals surface area contributed by atoms with Gasteiger partial charge in [0.15, 0.2) is 0 Å². The van der Waals surface area contributed by atoms with Crippen molar-refractivity contribution >= 4 is 29.6 Å². The molecule has 3 rings (SSSR count). The molecule has 27 heavy (non-hydrogen) atoms. The number of aromatic nitrogens is 4. The van der Waals surface area contributed by atoms with Gasteiger partial charge in [0.2, 0.25) is 5.16 Å². The minimum atomic E-state index is -0.233. The highest BCUT2D eigenvalue weighted by atomic mass is 32.2. The van der Waals surface area contributed by atoms with E-state index in [0.29, 0.717) is 5.16 Å². The molecule has 8 nitrogen and oxygen atoms in total. The first-order valence-corrected chi connectivity index (χ1v) is 9.18. The zero-order valence-corrected chi connectivity index (χ0v) is 15.8. The molecule has 0 bridgehead atoms. The number of benzene rings is 2. The number of nitrogens with zero attached hydrogens (tertiary/aromatic N) is 6. The van der Waals surface area contributed by atoms with Crippen LogP contribution in [0.5, 0.6) is 0 Å². The number of hydrogen-bond donors (Lipinski definition) is 1. The molecule has 1 amide bonds. The van der Waals surface area contributed by atoms with E-state index >= 15 is 0 Å². The summed E-state index contributed by atoms with van der Waals surface area (Å²) in [5, 5.41) is 16.1. The lowest BCUT2D eigenvalue weighted by Gasteiger charge is -2.11. The van der Waals surface area contributed by atoms with Crippen LogP contribution in [0.15, 0.2) is 64.9 Å². The van der Waals surface area contributed by atoms with E-state index in [-0.39, 0.29) is 11.7 Å². The summed E-state index contributed by atoms with van der Waals surface area (Å²) in [5.74, 6) is -0.0758. The van der Waals surface area contributed by atoms with Crippen LogP contribution in [0.2, 0.25) is 0 Å². The molecule has 0 radical (unpaired) electrons. The molecule has 1 aromatic heterocycles. The zero-order chi connectivity index (χ0) is 19.1. The molecule has 0 aliphatic heterocycles. The Morgan fingerprint density at radius 2 is 1.93 bits per heavy atom. The van der Waals surface area contributed by atoms with Gasteiger partial charge >= 0.3 is 0 Å². The first-order valence-electron chi connectivity index (χ1n) is 8.19. The maximum atomic E-state index is 12.0. The van der Waals surface area contributed by atoms with Crippen molar-refractivity contribution in [3.63, 3.8) is 0 Å². The Morgan fingerprint density at radius 3 is 2.63 bits per heavy atom. The quantitative estimate of drug-likeness (QED) is 0.382. The highest BCUT2D eigenvalue weighted by molar-refractivity contribution is 7.99. The number of para-hydroxylation sites is 1. The Kier molecular flexibility index (Phi) is 6.16. The second-order valence-corrected chi connectivity index (χ2v) is 6.72. The first-order chi connectivity index (χ1) is 13.1. The second-order valence-electron chi connectivity index (χ2n) is 5.78. The summed E-state index contributed by atoms with van der Waals surface area (Å²) in [7, 11) is 3.96. The molecule has 0 fully saturated rings. The Hall–Kier alpha value is -3.20. The molecule has 0 aliphatic rings. The minimum absolute atomic E-state index is 0.157. The van der Waals surface area contributed by atoms with Gasteiger partial charge in [-0.1, -0.05) is 42.1 Å². The number of tetrazole rings is 1. The van der Waals surface area contributed by atoms with Crippen molar-refractivity contribution < 1.29 is 4.79 Å². The number of nitrogens with one attached hydrogen (secondary N) is 1. The topological polar surface area (TPSA) is 88.3 Å². The fourth-order valence-corrected chi connectivity index (χ4v) is 2.88. The van der Waals surface area contributed by atoms with E-state index in [9.17, 15) is 4.79 Å². The van der Waals surface area contributed by atoms with Crippen LogP contribution < -0.4 is 10.3 Å². The Balaban J connectivity index is 1.51. The Labute approximate surface area is 161 Å². The van der Waals surface area contributed by atoms with Gasteiger partial charge in [-0.2, -0.15) is 9.78 Å². The zero-order valence-electron chi connectivity index (χ0n) is 15.0. The van der Waals surface area contributed by atoms with E-state index in [1.165, 1.54) is 11.8 Å². The predicted octanol–water partition coefficient (Wildman–Crippen LogP) is 1.97. The molecular weight excluding hydrogens is 362 g/mol. The highest BCUT2D eigenvalue weighted by Gasteiger charge is 2.10. The molecule has 0 saturated carbocycles. The molecule has 0 unspecified atom stereocenters. The molecule has 9 heteroatoms. The molecular formula is C18H19N7OS. The van der Waals surface area contributed by atoms with Crippen LogP contribution in [0.25, 0.3) is 5.69 Å². The van der Waals surface area contributed by atoms with E-state index in [0.717, 1.165) is 16.9 Å². The molecule has 1 N–H and O–H groups in total. The van der Waals surface area contributed by atoms with Crippen LogP contribution >= 0.6 is 11.8 Å². The van der Waals surface area contributed by atoms with Crippen molar-refractivity contribution in [2.24, 2.45) is 5.10 Å². The monoisotopic (exact) mass is 381 g/mol. The molecule has 0 atom stereocenters. The number of rotatable bonds is 7. The number of hydrazone groups is 1. The van der Waals surface area contributed by atoms with Crippen LogP contribution in [0.4, 0.5) is 5.69 Å². The number of anilines is 1. The maximum absolute atomic E-state index is 12.0. The highest BCUT2D eigenvalue weighted by Crippen LogP contribution is 2.17. The van der Waals surface area contributed by atoms with Crippen molar-refractivity contribution in [1.29, 1.82) is 0 Å². The van der Waals surface area contributed by atoms with Crippen molar-refractivity contribution in [3.8, 4) is 5.69 Å². The SMILES string of the molecule is CN(C)c1ccc(/C=N\NC(=O)CSc2nnnn2-c2ccccc2)cc1. The predicted molar refractivity (Wildman–Crippen MR) is 106 cm³/mol. The fraction of sp³-hybridized carbons (Fsp3) is 0.167. The van der Waals surface area contributed by atoms with Crippen molar-refractivity contribution in [3.05, 3.63) is 60.2 Å². The van der Waals surface area contributed by atoms with Gasteiger partial charge in [0.1, 0.15) is 0 Å². The van der Waals surface area contributed by atoms with Gasteiger partial charge in [-0.05, 0) is 40.3 Å². The van der Waals surface area contributed by atoms with Crippen LogP contribution in [0.3, 0.4) is 0 Å². The normalized spacial score (nSPS) is 10.9. The molecule has 3 aromatic rings. The van der Waals surface area contributed by atoms with Gasteiger partial charge in [0.05, 0.1) is 17.7 Å². The van der Waals surface area contributed by atoms with E-state index in [4.69, 9.17) is 0 Å². The number of carbonyl (C=O) groups excluding carboxylic acids is 1. The lowest BCUT2D eigenvalue weighted by molar-refractivity contribution is -0.118. The van der Waals surface area contributed by atoms with Gasteiger partial charge in [0, 0.05) is 19.8 Å². The van der Waals surface area contributed by atoms with E-state index < -0.39 is 0 Å². The Morgan fingerprint density at radius 1 is 1.19 bits per heavy atom. The second kappa shape index (κ2) is 8.95. The third-order valence-corrected chi connectivity index (χ3v) is 4.51. The summed E-state index contributed by atoms with van der Waals surface area (Å²) >= 11 is 1.24. The van der Waals surface area contributed by atoms with Crippen molar-refractivity contribution in [2.75, 3.05) is 24.7 Å². The van der Waals surface area contributed by atoms with Gasteiger partial charge in [0.25, 0.3) is 5.91 Å². The lowest BCUT2D eigenvalue weighted by atomic mass is 10.2. The molecule has 0 aliphatic carbocycles. The fourth-order valence-electron chi connectivity index (χ4n) is 2.20. The van der Waals surface area contributed by atoms with Crippen LogP contribution in [-0.4, -0.2) is 52.2 Å². The van der Waals surface area contributed by atoms with Crippen molar-refractivity contribution in [1.82, 2.24) is 25.6 Å². The number of thioether (sulfide) groups is 1. The molecule has 0 saturated heterocycles. The van der Waals surface area contributed by atoms with E-state index in [2.05, 4.69) is 26.1 Å². The van der Waals surface area contributed by atoms with Gasteiger partial charge in [-0.3, -0.25) is 4.79 Å². The summed E-state index contributed by atoms with van der Waals surface area (Å²) in [5.41, 5.74) is 5.35. The standard InChI is InChI=1S/C18H19N7OS/c1-24(2)15-10-8-14(9-11-15)12-19-20-17(26)13-27-18-21-22-23-25(18)16-6-4-3-5-7-16/h3-12H,13H2,1-2H3,(H,20,26)/b19-12-.